The van der Waals surface area contributed by atoms with Crippen LogP contribution in [0.25, 0.3) is 5.70 Å². The van der Waals surface area contributed by atoms with Crippen molar-refractivity contribution in [3.05, 3.63) is 52.9 Å². The van der Waals surface area contributed by atoms with E-state index in [4.69, 9.17) is 10.00 Å². The van der Waals surface area contributed by atoms with Gasteiger partial charge in [0.2, 0.25) is 0 Å². The molecule has 0 atom stereocenters. The molecule has 7 heteroatoms. The lowest BCUT2D eigenvalue weighted by Crippen LogP contribution is -2.28. The highest BCUT2D eigenvalue weighted by Crippen LogP contribution is 2.30. The van der Waals surface area contributed by atoms with Gasteiger partial charge in [0.15, 0.2) is 0 Å². The number of hydrogen-bond donors (Lipinski definition) is 1. The summed E-state index contributed by atoms with van der Waals surface area (Å²) in [6.07, 6.45) is 6.84. The van der Waals surface area contributed by atoms with E-state index in [2.05, 4.69) is 44.5 Å². The van der Waals surface area contributed by atoms with Crippen molar-refractivity contribution >= 4 is 33.5 Å². The van der Waals surface area contributed by atoms with Crippen LogP contribution in [0.5, 0.6) is 0 Å². The SMILES string of the molecule is C=C1C=C(C#N)C=NN1C(=C)c1cc(NC2CCOCC2)c(Br)cn1. The van der Waals surface area contributed by atoms with Crippen LogP contribution < -0.4 is 5.32 Å². The lowest BCUT2D eigenvalue weighted by Gasteiger charge is -2.26. The van der Waals surface area contributed by atoms with Gasteiger partial charge in [0.05, 0.1) is 39.0 Å². The molecule has 6 nitrogen and oxygen atoms in total. The number of nitrogens with zero attached hydrogens (tertiary/aromatic N) is 4. The first-order valence-electron chi connectivity index (χ1n) is 7.92. The van der Waals surface area contributed by atoms with Crippen molar-refractivity contribution in [3.63, 3.8) is 0 Å². The van der Waals surface area contributed by atoms with Gasteiger partial charge >= 0.3 is 0 Å². The van der Waals surface area contributed by atoms with Crippen molar-refractivity contribution in [2.75, 3.05) is 18.5 Å². The molecular formula is C18H18BrN5O. The Morgan fingerprint density at radius 3 is 2.88 bits per heavy atom. The van der Waals surface area contributed by atoms with Crippen LogP contribution in [0.15, 0.2) is 52.3 Å². The quantitative estimate of drug-likeness (QED) is 0.835. The minimum Gasteiger partial charge on any atom is -0.381 e. The van der Waals surface area contributed by atoms with Gasteiger partial charge in [0, 0.05) is 25.5 Å². The fourth-order valence-corrected chi connectivity index (χ4v) is 2.98. The van der Waals surface area contributed by atoms with Crippen molar-refractivity contribution < 1.29 is 4.74 Å². The number of halogens is 1. The Morgan fingerprint density at radius 1 is 1.44 bits per heavy atom. The lowest BCUT2D eigenvalue weighted by molar-refractivity contribution is 0.0904. The lowest BCUT2D eigenvalue weighted by atomic mass is 10.1. The summed E-state index contributed by atoms with van der Waals surface area (Å²) in [6.45, 7) is 9.56. The Balaban J connectivity index is 1.78. The molecule has 1 N–H and O–H groups in total. The number of nitriles is 1. The van der Waals surface area contributed by atoms with Gasteiger partial charge in [-0.15, -0.1) is 0 Å². The van der Waals surface area contributed by atoms with Crippen LogP contribution in [-0.4, -0.2) is 35.5 Å². The van der Waals surface area contributed by atoms with Crippen molar-refractivity contribution in [2.24, 2.45) is 5.10 Å². The number of nitrogens with one attached hydrogen (secondary N) is 1. The topological polar surface area (TPSA) is 73.5 Å². The van der Waals surface area contributed by atoms with E-state index < -0.39 is 0 Å². The zero-order valence-corrected chi connectivity index (χ0v) is 15.3. The first-order valence-corrected chi connectivity index (χ1v) is 8.71. The molecule has 1 saturated heterocycles. The second-order valence-corrected chi connectivity index (χ2v) is 6.64. The Morgan fingerprint density at radius 2 is 2.20 bits per heavy atom. The van der Waals surface area contributed by atoms with Crippen LogP contribution in [0.2, 0.25) is 0 Å². The van der Waals surface area contributed by atoms with Crippen LogP contribution in [0.3, 0.4) is 0 Å². The molecule has 3 heterocycles. The second-order valence-electron chi connectivity index (χ2n) is 5.79. The van der Waals surface area contributed by atoms with Gasteiger partial charge in [-0.2, -0.15) is 10.4 Å². The highest BCUT2D eigenvalue weighted by molar-refractivity contribution is 9.10. The molecule has 1 aromatic rings. The Hall–Kier alpha value is -2.43. The molecule has 0 radical (unpaired) electrons. The van der Waals surface area contributed by atoms with Gasteiger partial charge in [0.25, 0.3) is 0 Å². The normalized spacial score (nSPS) is 17.8. The summed E-state index contributed by atoms with van der Waals surface area (Å²) < 4.78 is 6.29. The number of hydrazone groups is 1. The van der Waals surface area contributed by atoms with Crippen molar-refractivity contribution in [1.82, 2.24) is 9.99 Å². The fraction of sp³-hybridized carbons (Fsp3) is 0.278. The summed E-state index contributed by atoms with van der Waals surface area (Å²) in [4.78, 5) is 4.43. The predicted molar refractivity (Wildman–Crippen MR) is 102 cm³/mol. The van der Waals surface area contributed by atoms with E-state index in [1.54, 1.807) is 17.3 Å². The van der Waals surface area contributed by atoms with Crippen LogP contribution in [-0.2, 0) is 4.74 Å². The minimum absolute atomic E-state index is 0.373. The van der Waals surface area contributed by atoms with E-state index >= 15 is 0 Å². The number of rotatable bonds is 4. The van der Waals surface area contributed by atoms with E-state index in [1.165, 1.54) is 6.21 Å². The zero-order chi connectivity index (χ0) is 17.8. The maximum Gasteiger partial charge on any atom is 0.101 e. The highest BCUT2D eigenvalue weighted by atomic mass is 79.9. The maximum absolute atomic E-state index is 8.95. The highest BCUT2D eigenvalue weighted by Gasteiger charge is 2.19. The molecule has 0 saturated carbocycles. The molecule has 2 aliphatic heterocycles. The Bertz CT molecular complexity index is 802. The fourth-order valence-electron chi connectivity index (χ4n) is 2.65. The predicted octanol–water partition coefficient (Wildman–Crippen LogP) is 3.67. The summed E-state index contributed by atoms with van der Waals surface area (Å²) in [5, 5.41) is 18.3. The third-order valence-electron chi connectivity index (χ3n) is 4.02. The second kappa shape index (κ2) is 7.64. The summed E-state index contributed by atoms with van der Waals surface area (Å²) in [6, 6.07) is 4.36. The van der Waals surface area contributed by atoms with Gasteiger partial charge in [-0.3, -0.25) is 4.98 Å². The number of pyridine rings is 1. The molecule has 0 bridgehead atoms. The smallest absolute Gasteiger partial charge is 0.101 e. The summed E-state index contributed by atoms with van der Waals surface area (Å²) in [5.74, 6) is 0. The first kappa shape index (κ1) is 17.4. The molecule has 2 aliphatic rings. The number of allylic oxidation sites excluding steroid dienone is 2. The molecule has 128 valence electrons. The van der Waals surface area contributed by atoms with Crippen LogP contribution in [0.4, 0.5) is 5.69 Å². The van der Waals surface area contributed by atoms with Gasteiger partial charge in [-0.1, -0.05) is 13.2 Å². The molecule has 1 fully saturated rings. The molecule has 0 unspecified atom stereocenters. The average Bonchev–Trinajstić information content (AvgIpc) is 2.63. The monoisotopic (exact) mass is 399 g/mol. The number of aromatic nitrogens is 1. The molecule has 0 aromatic carbocycles. The summed E-state index contributed by atoms with van der Waals surface area (Å²) in [7, 11) is 0. The largest absolute Gasteiger partial charge is 0.381 e. The zero-order valence-electron chi connectivity index (χ0n) is 13.7. The van der Waals surface area contributed by atoms with E-state index in [-0.39, 0.29) is 0 Å². The molecule has 0 amide bonds. The number of hydrogen-bond acceptors (Lipinski definition) is 6. The van der Waals surface area contributed by atoms with E-state index in [9.17, 15) is 0 Å². The Kier molecular flexibility index (Phi) is 5.31. The van der Waals surface area contributed by atoms with Crippen molar-refractivity contribution in [1.29, 1.82) is 5.26 Å². The minimum atomic E-state index is 0.373. The van der Waals surface area contributed by atoms with Gasteiger partial charge in [-0.25, -0.2) is 5.01 Å². The van der Waals surface area contributed by atoms with Crippen LogP contribution in [0.1, 0.15) is 18.5 Å². The van der Waals surface area contributed by atoms with Gasteiger partial charge in [-0.05, 0) is 40.9 Å². The molecule has 0 spiro atoms. The molecule has 0 aliphatic carbocycles. The molecule has 25 heavy (non-hydrogen) atoms. The Labute approximate surface area is 155 Å². The van der Waals surface area contributed by atoms with Gasteiger partial charge < -0.3 is 10.1 Å². The van der Waals surface area contributed by atoms with Crippen LogP contribution >= 0.6 is 15.9 Å². The first-order chi connectivity index (χ1) is 12.1. The summed E-state index contributed by atoms with van der Waals surface area (Å²) in [5.41, 5.74) is 3.27. The number of anilines is 1. The van der Waals surface area contributed by atoms with Crippen molar-refractivity contribution in [3.8, 4) is 6.07 Å². The third-order valence-corrected chi connectivity index (χ3v) is 4.66. The third kappa shape index (κ3) is 3.98. The standard InChI is InChI=1S/C18H18BrN5O/c1-12-7-14(9-20)10-22-24(12)13(2)17-8-18(16(19)11-21-17)23-15-3-5-25-6-4-15/h7-8,10-11,15H,1-6H2,(H,21,23). The maximum atomic E-state index is 8.95. The molecule has 3 rings (SSSR count). The van der Waals surface area contributed by atoms with Crippen LogP contribution in [0, 0.1) is 11.3 Å². The average molecular weight is 400 g/mol. The van der Waals surface area contributed by atoms with E-state index in [1.807, 2.05) is 12.1 Å². The van der Waals surface area contributed by atoms with Gasteiger partial charge in [0.1, 0.15) is 6.07 Å². The van der Waals surface area contributed by atoms with Crippen molar-refractivity contribution in [2.45, 2.75) is 18.9 Å². The number of ether oxygens (including phenoxy) is 1. The van der Waals surface area contributed by atoms with E-state index in [0.717, 1.165) is 36.2 Å². The van der Waals surface area contributed by atoms with E-state index in [0.29, 0.717) is 28.7 Å². The molecule has 1 aromatic heterocycles. The molecular weight excluding hydrogens is 382 g/mol. The summed E-state index contributed by atoms with van der Waals surface area (Å²) >= 11 is 3.54.